The van der Waals surface area contributed by atoms with Crippen LogP contribution in [0.4, 0.5) is 0 Å². The molecule has 2 unspecified atom stereocenters. The van der Waals surface area contributed by atoms with Crippen LogP contribution in [-0.2, 0) is 4.79 Å². The number of nitrogens with one attached hydrogen (secondary N) is 2. The first-order valence-corrected chi connectivity index (χ1v) is 6.56. The zero-order chi connectivity index (χ0) is 12.2. The van der Waals surface area contributed by atoms with Gasteiger partial charge < -0.3 is 10.6 Å². The number of carbonyl (C=O) groups is 1. The zero-order valence-electron chi connectivity index (χ0n) is 11.1. The lowest BCUT2D eigenvalue weighted by atomic mass is 9.89. The summed E-state index contributed by atoms with van der Waals surface area (Å²) in [5.41, 5.74) is -0.0226. The Morgan fingerprint density at radius 3 is 2.56 bits per heavy atom. The molecule has 1 aliphatic rings. The van der Waals surface area contributed by atoms with Crippen molar-refractivity contribution in [1.29, 1.82) is 0 Å². The molecule has 1 heterocycles. The topological polar surface area (TPSA) is 41.1 Å². The molecule has 0 bridgehead atoms. The first-order valence-electron chi connectivity index (χ1n) is 6.56. The highest BCUT2D eigenvalue weighted by Gasteiger charge is 2.29. The fraction of sp³-hybridized carbons (Fsp3) is 0.923. The Balaban J connectivity index is 2.51. The van der Waals surface area contributed by atoms with Gasteiger partial charge in [-0.05, 0) is 46.1 Å². The predicted molar refractivity (Wildman–Crippen MR) is 67.3 cm³/mol. The van der Waals surface area contributed by atoms with Crippen LogP contribution >= 0.6 is 0 Å². The molecule has 2 N–H and O–H groups in total. The van der Waals surface area contributed by atoms with Crippen molar-refractivity contribution in [1.82, 2.24) is 10.6 Å². The molecule has 1 fully saturated rings. The SMILES string of the molecule is CCC(C)(CC)NC(=O)C1CCNC(C)C1. The van der Waals surface area contributed by atoms with E-state index in [1.807, 2.05) is 0 Å². The van der Waals surface area contributed by atoms with E-state index in [9.17, 15) is 4.79 Å². The normalized spacial score (nSPS) is 26.5. The van der Waals surface area contributed by atoms with E-state index in [1.165, 1.54) is 0 Å². The van der Waals surface area contributed by atoms with Gasteiger partial charge in [0.2, 0.25) is 5.91 Å². The third-order valence-corrected chi connectivity index (χ3v) is 3.98. The third kappa shape index (κ3) is 3.48. The summed E-state index contributed by atoms with van der Waals surface area (Å²) in [6.07, 6.45) is 3.93. The molecule has 1 rings (SSSR count). The fourth-order valence-electron chi connectivity index (χ4n) is 2.20. The molecule has 0 spiro atoms. The molecule has 0 aliphatic carbocycles. The Morgan fingerprint density at radius 2 is 2.06 bits per heavy atom. The average molecular weight is 226 g/mol. The minimum atomic E-state index is -0.0226. The number of piperidine rings is 1. The van der Waals surface area contributed by atoms with Crippen molar-refractivity contribution >= 4 is 5.91 Å². The smallest absolute Gasteiger partial charge is 0.223 e. The molecule has 1 saturated heterocycles. The lowest BCUT2D eigenvalue weighted by Crippen LogP contribution is -2.50. The predicted octanol–water partition coefficient (Wildman–Crippen LogP) is 2.07. The lowest BCUT2D eigenvalue weighted by molar-refractivity contribution is -0.128. The van der Waals surface area contributed by atoms with Crippen LogP contribution in [0.15, 0.2) is 0 Å². The average Bonchev–Trinajstić information content (AvgIpc) is 2.29. The number of carbonyl (C=O) groups excluding carboxylic acids is 1. The van der Waals surface area contributed by atoms with Gasteiger partial charge in [-0.3, -0.25) is 4.79 Å². The quantitative estimate of drug-likeness (QED) is 0.770. The van der Waals surface area contributed by atoms with Gasteiger partial charge in [0.15, 0.2) is 0 Å². The molecule has 0 aromatic carbocycles. The first-order chi connectivity index (χ1) is 7.50. The molecule has 0 radical (unpaired) electrons. The molecule has 1 aliphatic heterocycles. The van der Waals surface area contributed by atoms with Gasteiger partial charge in [-0.1, -0.05) is 13.8 Å². The van der Waals surface area contributed by atoms with Crippen LogP contribution in [0, 0.1) is 5.92 Å². The van der Waals surface area contributed by atoms with E-state index in [2.05, 4.69) is 38.3 Å². The fourth-order valence-corrected chi connectivity index (χ4v) is 2.20. The molecule has 1 amide bonds. The number of hydrogen-bond acceptors (Lipinski definition) is 2. The number of hydrogen-bond donors (Lipinski definition) is 2. The van der Waals surface area contributed by atoms with E-state index >= 15 is 0 Å². The van der Waals surface area contributed by atoms with E-state index in [-0.39, 0.29) is 17.4 Å². The van der Waals surface area contributed by atoms with Crippen LogP contribution in [0.2, 0.25) is 0 Å². The van der Waals surface area contributed by atoms with Gasteiger partial charge in [-0.15, -0.1) is 0 Å². The Labute approximate surface area is 99.4 Å². The van der Waals surface area contributed by atoms with Crippen LogP contribution in [0.5, 0.6) is 0 Å². The molecule has 2 atom stereocenters. The van der Waals surface area contributed by atoms with Gasteiger partial charge in [0.1, 0.15) is 0 Å². The third-order valence-electron chi connectivity index (χ3n) is 3.98. The summed E-state index contributed by atoms with van der Waals surface area (Å²) in [5.74, 6) is 0.452. The summed E-state index contributed by atoms with van der Waals surface area (Å²) in [7, 11) is 0. The monoisotopic (exact) mass is 226 g/mol. The van der Waals surface area contributed by atoms with Gasteiger partial charge in [0, 0.05) is 17.5 Å². The van der Waals surface area contributed by atoms with Crippen molar-refractivity contribution < 1.29 is 4.79 Å². The maximum atomic E-state index is 12.1. The van der Waals surface area contributed by atoms with Gasteiger partial charge in [-0.25, -0.2) is 0 Å². The Kier molecular flexibility index (Phi) is 4.78. The molecule has 0 saturated carbocycles. The molecule has 0 aromatic heterocycles. The Hall–Kier alpha value is -0.570. The highest BCUT2D eigenvalue weighted by Crippen LogP contribution is 2.20. The van der Waals surface area contributed by atoms with Crippen LogP contribution in [0.3, 0.4) is 0 Å². The summed E-state index contributed by atoms with van der Waals surface area (Å²) < 4.78 is 0. The molecule has 94 valence electrons. The van der Waals surface area contributed by atoms with Crippen molar-refractivity contribution in [2.75, 3.05) is 6.54 Å². The minimum Gasteiger partial charge on any atom is -0.351 e. The molecule has 3 nitrogen and oxygen atoms in total. The lowest BCUT2D eigenvalue weighted by Gasteiger charge is -2.33. The minimum absolute atomic E-state index is 0.0226. The van der Waals surface area contributed by atoms with Gasteiger partial charge >= 0.3 is 0 Å². The second-order valence-corrected chi connectivity index (χ2v) is 5.33. The second-order valence-electron chi connectivity index (χ2n) is 5.33. The van der Waals surface area contributed by atoms with Gasteiger partial charge in [0.25, 0.3) is 0 Å². The van der Waals surface area contributed by atoms with E-state index in [0.717, 1.165) is 32.2 Å². The Bertz CT molecular complexity index is 236. The van der Waals surface area contributed by atoms with Crippen LogP contribution in [0.1, 0.15) is 53.4 Å². The highest BCUT2D eigenvalue weighted by atomic mass is 16.2. The van der Waals surface area contributed by atoms with Crippen molar-refractivity contribution in [3.05, 3.63) is 0 Å². The second kappa shape index (κ2) is 5.67. The van der Waals surface area contributed by atoms with Gasteiger partial charge in [-0.2, -0.15) is 0 Å². The zero-order valence-corrected chi connectivity index (χ0v) is 11.1. The Morgan fingerprint density at radius 1 is 1.44 bits per heavy atom. The van der Waals surface area contributed by atoms with Crippen molar-refractivity contribution in [2.45, 2.75) is 65.0 Å². The molecule has 3 heteroatoms. The first kappa shape index (κ1) is 13.5. The summed E-state index contributed by atoms with van der Waals surface area (Å²) >= 11 is 0. The summed E-state index contributed by atoms with van der Waals surface area (Å²) in [6.45, 7) is 9.52. The van der Waals surface area contributed by atoms with Crippen molar-refractivity contribution in [3.63, 3.8) is 0 Å². The number of amides is 1. The van der Waals surface area contributed by atoms with E-state index < -0.39 is 0 Å². The molecular weight excluding hydrogens is 200 g/mol. The number of rotatable bonds is 4. The van der Waals surface area contributed by atoms with E-state index in [1.54, 1.807) is 0 Å². The molecule has 16 heavy (non-hydrogen) atoms. The van der Waals surface area contributed by atoms with Crippen LogP contribution in [-0.4, -0.2) is 24.0 Å². The standard InChI is InChI=1S/C13H26N2O/c1-5-13(4,6-2)15-12(16)11-7-8-14-10(3)9-11/h10-11,14H,5-9H2,1-4H3,(H,15,16). The van der Waals surface area contributed by atoms with Crippen molar-refractivity contribution in [2.24, 2.45) is 5.92 Å². The van der Waals surface area contributed by atoms with Crippen LogP contribution in [0.25, 0.3) is 0 Å². The largest absolute Gasteiger partial charge is 0.351 e. The van der Waals surface area contributed by atoms with Crippen molar-refractivity contribution in [3.8, 4) is 0 Å². The molecule has 0 aromatic rings. The molecular formula is C13H26N2O. The maximum absolute atomic E-state index is 12.1. The summed E-state index contributed by atoms with van der Waals surface area (Å²) in [6, 6.07) is 0.471. The highest BCUT2D eigenvalue weighted by molar-refractivity contribution is 5.79. The van der Waals surface area contributed by atoms with E-state index in [4.69, 9.17) is 0 Å². The van der Waals surface area contributed by atoms with Crippen LogP contribution < -0.4 is 10.6 Å². The van der Waals surface area contributed by atoms with E-state index in [0.29, 0.717) is 6.04 Å². The van der Waals surface area contributed by atoms with Gasteiger partial charge in [0.05, 0.1) is 0 Å². The maximum Gasteiger partial charge on any atom is 0.223 e. The summed E-state index contributed by atoms with van der Waals surface area (Å²) in [4.78, 5) is 12.1. The summed E-state index contributed by atoms with van der Waals surface area (Å²) in [5, 5.41) is 6.59.